The van der Waals surface area contributed by atoms with Crippen molar-refractivity contribution in [1.29, 1.82) is 31.6 Å². The van der Waals surface area contributed by atoms with Crippen molar-refractivity contribution in [3.05, 3.63) is 70.8 Å². The first-order chi connectivity index (χ1) is 18.5. The molecule has 5 rings (SSSR count). The molecule has 0 N–H and O–H groups in total. The van der Waals surface area contributed by atoms with E-state index in [2.05, 4.69) is 42.0 Å². The average Bonchev–Trinajstić information content (AvgIpc) is 2.98. The van der Waals surface area contributed by atoms with Crippen LogP contribution in [0.25, 0.3) is 44.3 Å². The maximum absolute atomic E-state index is 10.3. The Morgan fingerprint density at radius 1 is 0.474 bits per heavy atom. The van der Waals surface area contributed by atoms with Crippen LogP contribution in [0.5, 0.6) is 0 Å². The fourth-order valence-corrected chi connectivity index (χ4v) is 4.04. The highest BCUT2D eigenvalue weighted by Gasteiger charge is 2.21. The van der Waals surface area contributed by atoms with Crippen LogP contribution in [0.3, 0.4) is 0 Å². The molecule has 0 spiro atoms. The fourth-order valence-electron chi connectivity index (χ4n) is 4.04. The molecule has 0 aliphatic heterocycles. The molecule has 3 aromatic carbocycles. The van der Waals surface area contributed by atoms with Crippen LogP contribution in [0.4, 0.5) is 0 Å². The zero-order valence-electron chi connectivity index (χ0n) is 18.8. The van der Waals surface area contributed by atoms with E-state index in [0.29, 0.717) is 32.7 Å². The van der Waals surface area contributed by atoms with Crippen LogP contribution in [0, 0.1) is 68.0 Å². The number of hydrogen-bond donors (Lipinski definition) is 0. The molecule has 0 fully saturated rings. The highest BCUT2D eigenvalue weighted by Crippen LogP contribution is 2.38. The van der Waals surface area contributed by atoms with Gasteiger partial charge in [-0.15, -0.1) is 0 Å². The molecule has 0 aliphatic rings. The van der Waals surface area contributed by atoms with Crippen molar-refractivity contribution < 1.29 is 0 Å². The van der Waals surface area contributed by atoms with Gasteiger partial charge < -0.3 is 0 Å². The van der Waals surface area contributed by atoms with E-state index < -0.39 is 0 Å². The van der Waals surface area contributed by atoms with Crippen molar-refractivity contribution in [2.24, 2.45) is 0 Å². The summed E-state index contributed by atoms with van der Waals surface area (Å²) in [6.07, 6.45) is 0. The van der Waals surface area contributed by atoms with Crippen LogP contribution >= 0.6 is 0 Å². The monoisotopic (exact) mass is 486 g/mol. The predicted octanol–water partition coefficient (Wildman–Crippen LogP) is 2.93. The number of nitrogens with zero attached hydrogens (tertiary/aromatic N) is 12. The highest BCUT2D eigenvalue weighted by atomic mass is 15.0. The zero-order chi connectivity index (χ0) is 26.8. The Bertz CT molecular complexity index is 2040. The van der Waals surface area contributed by atoms with Gasteiger partial charge in [-0.3, -0.25) is 0 Å². The zero-order valence-corrected chi connectivity index (χ0v) is 18.8. The van der Waals surface area contributed by atoms with Crippen molar-refractivity contribution in [3.63, 3.8) is 0 Å². The third-order valence-corrected chi connectivity index (χ3v) is 5.54. The number of nitriles is 6. The summed E-state index contributed by atoms with van der Waals surface area (Å²) in [6, 6.07) is 21.3. The van der Waals surface area contributed by atoms with Gasteiger partial charge in [-0.25, -0.2) is 0 Å². The smallest absolute Gasteiger partial charge is 0.199 e. The number of rotatable bonds is 2. The third-order valence-electron chi connectivity index (χ3n) is 5.54. The Morgan fingerprint density at radius 3 is 1.55 bits per heavy atom. The van der Waals surface area contributed by atoms with E-state index in [4.69, 9.17) is 0 Å². The van der Waals surface area contributed by atoms with Crippen molar-refractivity contribution in [1.82, 2.24) is 29.9 Å². The molecule has 38 heavy (non-hydrogen) atoms. The summed E-state index contributed by atoms with van der Waals surface area (Å²) in [5, 5.41) is 59.1. The van der Waals surface area contributed by atoms with E-state index in [1.165, 1.54) is 0 Å². The Balaban J connectivity index is 1.91. The molecule has 5 aromatic rings. The molecule has 0 saturated carbocycles. The number of aromatic nitrogens is 6. The normalized spacial score (nSPS) is 9.95. The van der Waals surface area contributed by atoms with E-state index in [0.717, 1.165) is 0 Å². The minimum atomic E-state index is -0.276. The minimum Gasteiger partial charge on any atom is -0.199 e. The lowest BCUT2D eigenvalue weighted by atomic mass is 9.89. The molecular formula is C26H6N12. The molecule has 12 nitrogen and oxygen atoms in total. The summed E-state index contributed by atoms with van der Waals surface area (Å²) >= 11 is 0. The van der Waals surface area contributed by atoms with Gasteiger partial charge in [0.15, 0.2) is 11.6 Å². The van der Waals surface area contributed by atoms with Gasteiger partial charge in [-0.05, 0) is 6.07 Å². The SMILES string of the molecule is N#Cc1nc(C#N)nc(-c2ccc3c(C#N)c4cccc(-c5nc(C#N)nc(C#N)n5)c4c(C#N)c3c2)n1. The minimum absolute atomic E-state index is 0.00983. The molecule has 0 saturated heterocycles. The second-order valence-corrected chi connectivity index (χ2v) is 7.52. The molecule has 170 valence electrons. The van der Waals surface area contributed by atoms with Crippen LogP contribution in [-0.4, -0.2) is 29.9 Å². The molecule has 2 aromatic heterocycles. The topological polar surface area (TPSA) is 220 Å². The second-order valence-electron chi connectivity index (χ2n) is 7.52. The van der Waals surface area contributed by atoms with Gasteiger partial charge >= 0.3 is 0 Å². The van der Waals surface area contributed by atoms with Crippen molar-refractivity contribution >= 4 is 21.5 Å². The number of fused-ring (bicyclic) bond motifs is 2. The van der Waals surface area contributed by atoms with Gasteiger partial charge in [-0.1, -0.05) is 30.3 Å². The van der Waals surface area contributed by atoms with Crippen LogP contribution in [0.15, 0.2) is 36.4 Å². The van der Waals surface area contributed by atoms with E-state index >= 15 is 0 Å². The summed E-state index contributed by atoms with van der Waals surface area (Å²) in [6.45, 7) is 0. The van der Waals surface area contributed by atoms with Crippen LogP contribution in [0.2, 0.25) is 0 Å². The Labute approximate surface area is 213 Å². The van der Waals surface area contributed by atoms with Crippen molar-refractivity contribution in [2.75, 3.05) is 0 Å². The van der Waals surface area contributed by atoms with Crippen molar-refractivity contribution in [3.8, 4) is 59.2 Å². The first-order valence-corrected chi connectivity index (χ1v) is 10.5. The first-order valence-electron chi connectivity index (χ1n) is 10.5. The molecule has 0 unspecified atom stereocenters. The quantitative estimate of drug-likeness (QED) is 0.328. The summed E-state index contributed by atoms with van der Waals surface area (Å²) in [5.74, 6) is -1.02. The molecule has 0 aliphatic carbocycles. The van der Waals surface area contributed by atoms with E-state index in [1.807, 2.05) is 0 Å². The van der Waals surface area contributed by atoms with Gasteiger partial charge in [0, 0.05) is 32.7 Å². The van der Waals surface area contributed by atoms with Crippen LogP contribution in [-0.2, 0) is 0 Å². The molecule has 2 heterocycles. The van der Waals surface area contributed by atoms with Crippen LogP contribution in [0.1, 0.15) is 34.4 Å². The molecule has 0 atom stereocenters. The van der Waals surface area contributed by atoms with Crippen LogP contribution < -0.4 is 0 Å². The molecule has 0 radical (unpaired) electrons. The van der Waals surface area contributed by atoms with E-state index in [1.54, 1.807) is 60.7 Å². The Kier molecular flexibility index (Phi) is 5.46. The summed E-state index contributed by atoms with van der Waals surface area (Å²) in [4.78, 5) is 23.9. The van der Waals surface area contributed by atoms with Gasteiger partial charge in [0.1, 0.15) is 36.4 Å². The predicted molar refractivity (Wildman–Crippen MR) is 127 cm³/mol. The second kappa shape index (κ2) is 9.06. The lowest BCUT2D eigenvalue weighted by Crippen LogP contribution is -2.02. The first kappa shape index (κ1) is 22.9. The van der Waals surface area contributed by atoms with E-state index in [9.17, 15) is 31.6 Å². The Morgan fingerprint density at radius 2 is 1.03 bits per heavy atom. The van der Waals surface area contributed by atoms with Gasteiger partial charge in [0.2, 0.25) is 23.3 Å². The third kappa shape index (κ3) is 3.59. The molecule has 0 amide bonds. The van der Waals surface area contributed by atoms with E-state index in [-0.39, 0.29) is 46.1 Å². The number of hydrogen-bond acceptors (Lipinski definition) is 12. The maximum atomic E-state index is 10.3. The summed E-state index contributed by atoms with van der Waals surface area (Å²) in [5.41, 5.74) is 1.13. The lowest BCUT2D eigenvalue weighted by Gasteiger charge is -2.13. The summed E-state index contributed by atoms with van der Waals surface area (Å²) < 4.78 is 0. The molecular weight excluding hydrogens is 480 g/mol. The van der Waals surface area contributed by atoms with Gasteiger partial charge in [0.25, 0.3) is 0 Å². The van der Waals surface area contributed by atoms with Gasteiger partial charge in [0.05, 0.1) is 11.1 Å². The average molecular weight is 486 g/mol. The summed E-state index contributed by atoms with van der Waals surface area (Å²) in [7, 11) is 0. The van der Waals surface area contributed by atoms with Crippen molar-refractivity contribution in [2.45, 2.75) is 0 Å². The number of benzene rings is 3. The Hall–Kier alpha value is -6.86. The van der Waals surface area contributed by atoms with Gasteiger partial charge in [-0.2, -0.15) is 61.5 Å². The lowest BCUT2D eigenvalue weighted by molar-refractivity contribution is 0.996. The molecule has 0 bridgehead atoms. The highest BCUT2D eigenvalue weighted by molar-refractivity contribution is 6.14. The standard InChI is InChI=1S/C26H6N12/c27-7-18-14-5-4-13(25-35-20(9-29)33-21(10-30)36-25)6-17(14)19(8-28)24-15(18)2-1-3-16(24)26-37-22(11-31)34-23(12-32)38-26/h1-6H. The maximum Gasteiger partial charge on any atom is 0.236 e. The largest absolute Gasteiger partial charge is 0.236 e. The molecule has 12 heteroatoms. The fraction of sp³-hybridized carbons (Fsp3) is 0.